The summed E-state index contributed by atoms with van der Waals surface area (Å²) in [5.41, 5.74) is 4.08. The van der Waals surface area contributed by atoms with Gasteiger partial charge in [-0.2, -0.15) is 0 Å². The van der Waals surface area contributed by atoms with Gasteiger partial charge in [0.15, 0.2) is 5.82 Å². The van der Waals surface area contributed by atoms with E-state index in [0.717, 1.165) is 61.4 Å². The van der Waals surface area contributed by atoms with Crippen LogP contribution in [0.3, 0.4) is 0 Å². The summed E-state index contributed by atoms with van der Waals surface area (Å²) in [7, 11) is 0. The van der Waals surface area contributed by atoms with Crippen molar-refractivity contribution in [3.05, 3.63) is 65.3 Å². The predicted molar refractivity (Wildman–Crippen MR) is 108 cm³/mol. The van der Waals surface area contributed by atoms with Crippen LogP contribution in [0, 0.1) is 0 Å². The number of fused-ring (bicyclic) bond motifs is 2. The Balaban J connectivity index is 1.45. The first kappa shape index (κ1) is 18.0. The van der Waals surface area contributed by atoms with Gasteiger partial charge in [0.05, 0.1) is 11.4 Å². The fourth-order valence-corrected chi connectivity index (χ4v) is 4.71. The lowest BCUT2D eigenvalue weighted by molar-refractivity contribution is 0.0592. The van der Waals surface area contributed by atoms with Crippen LogP contribution in [0.25, 0.3) is 11.4 Å². The number of likely N-dealkylation sites (tertiary alicyclic amines) is 1. The summed E-state index contributed by atoms with van der Waals surface area (Å²) in [4.78, 5) is 24.5. The van der Waals surface area contributed by atoms with Crippen molar-refractivity contribution in [3.8, 4) is 11.4 Å². The number of benzene rings is 1. The monoisotopic (exact) mass is 388 g/mol. The minimum Gasteiger partial charge on any atom is -0.351 e. The zero-order valence-corrected chi connectivity index (χ0v) is 16.6. The minimum atomic E-state index is -0.0939. The van der Waals surface area contributed by atoms with E-state index in [-0.39, 0.29) is 11.3 Å². The second-order valence-electron chi connectivity index (χ2n) is 8.08. The molecule has 2 aromatic heterocycles. The Hall–Kier alpha value is -3.02. The van der Waals surface area contributed by atoms with Crippen molar-refractivity contribution < 1.29 is 9.32 Å². The van der Waals surface area contributed by atoms with Gasteiger partial charge in [-0.1, -0.05) is 42.4 Å². The van der Waals surface area contributed by atoms with Crippen molar-refractivity contribution in [3.63, 3.8) is 0 Å². The normalized spacial score (nSPS) is 20.8. The van der Waals surface area contributed by atoms with Crippen LogP contribution >= 0.6 is 0 Å². The molecule has 3 aromatic rings. The number of amides is 1. The van der Waals surface area contributed by atoms with Gasteiger partial charge >= 0.3 is 0 Å². The highest BCUT2D eigenvalue weighted by atomic mass is 16.5. The molecule has 1 aliphatic heterocycles. The molecular weight excluding hydrogens is 364 g/mol. The Morgan fingerprint density at radius 1 is 1.24 bits per heavy atom. The van der Waals surface area contributed by atoms with Crippen LogP contribution in [-0.4, -0.2) is 39.0 Å². The highest BCUT2D eigenvalue weighted by molar-refractivity contribution is 5.91. The van der Waals surface area contributed by atoms with Gasteiger partial charge in [-0.25, -0.2) is 9.97 Å². The number of aromatic nitrogens is 3. The van der Waals surface area contributed by atoms with Crippen molar-refractivity contribution in [2.75, 3.05) is 13.1 Å². The number of piperidine rings is 1. The molecule has 2 aliphatic rings. The molecular formula is C23H24N4O2. The molecule has 1 atom stereocenters. The molecule has 6 heteroatoms. The molecule has 1 fully saturated rings. The molecule has 3 heterocycles. The first-order chi connectivity index (χ1) is 14.2. The summed E-state index contributed by atoms with van der Waals surface area (Å²) in [6, 6.07) is 11.8. The predicted octanol–water partition coefficient (Wildman–Crippen LogP) is 3.81. The quantitative estimate of drug-likeness (QED) is 0.682. The largest absolute Gasteiger partial charge is 0.351 e. The molecule has 1 aliphatic carbocycles. The zero-order valence-electron chi connectivity index (χ0n) is 16.6. The number of hydrogen-bond acceptors (Lipinski definition) is 5. The first-order valence-corrected chi connectivity index (χ1v) is 10.4. The van der Waals surface area contributed by atoms with Gasteiger partial charge in [-0.15, -0.1) is 0 Å². The third-order valence-corrected chi connectivity index (χ3v) is 6.27. The summed E-state index contributed by atoms with van der Waals surface area (Å²) in [6.45, 7) is 3.42. The van der Waals surface area contributed by atoms with E-state index in [1.165, 1.54) is 5.56 Å². The maximum Gasteiger partial charge on any atom is 0.292 e. The van der Waals surface area contributed by atoms with E-state index >= 15 is 0 Å². The molecule has 1 unspecified atom stereocenters. The van der Waals surface area contributed by atoms with Crippen molar-refractivity contribution in [2.45, 2.75) is 44.4 Å². The standard InChI is InChI=1S/C23H24N4O2/c1-2-18-13-19(29-26-18)22(28)27-12-6-10-23(15-27)11-9-17-14-24-21(25-20(17)23)16-7-4-3-5-8-16/h3-5,7-8,13-14H,2,6,9-12,15H2,1H3. The second kappa shape index (κ2) is 7.10. The summed E-state index contributed by atoms with van der Waals surface area (Å²) >= 11 is 0. The second-order valence-corrected chi connectivity index (χ2v) is 8.08. The van der Waals surface area contributed by atoms with Gasteiger partial charge in [0.2, 0.25) is 5.76 Å². The summed E-state index contributed by atoms with van der Waals surface area (Å²) in [5.74, 6) is 1.03. The zero-order chi connectivity index (χ0) is 19.8. The van der Waals surface area contributed by atoms with Crippen molar-refractivity contribution in [1.82, 2.24) is 20.0 Å². The van der Waals surface area contributed by atoms with E-state index in [0.29, 0.717) is 12.3 Å². The molecule has 6 nitrogen and oxygen atoms in total. The Kier molecular flexibility index (Phi) is 4.42. The average Bonchev–Trinajstić information content (AvgIpc) is 3.39. The van der Waals surface area contributed by atoms with Crippen LogP contribution < -0.4 is 0 Å². The number of hydrogen-bond donors (Lipinski definition) is 0. The molecule has 1 amide bonds. The van der Waals surface area contributed by atoms with E-state index in [1.54, 1.807) is 6.07 Å². The van der Waals surface area contributed by atoms with E-state index in [9.17, 15) is 4.79 Å². The minimum absolute atomic E-state index is 0.0675. The molecule has 0 N–H and O–H groups in total. The van der Waals surface area contributed by atoms with Crippen LogP contribution in [0.15, 0.2) is 47.1 Å². The Morgan fingerprint density at radius 2 is 2.10 bits per heavy atom. The highest BCUT2D eigenvalue weighted by Gasteiger charge is 2.45. The maximum atomic E-state index is 13.0. The fourth-order valence-electron chi connectivity index (χ4n) is 4.71. The van der Waals surface area contributed by atoms with Crippen molar-refractivity contribution in [2.24, 2.45) is 0 Å². The van der Waals surface area contributed by atoms with E-state index in [2.05, 4.69) is 10.1 Å². The lowest BCUT2D eigenvalue weighted by Gasteiger charge is -2.40. The molecule has 29 heavy (non-hydrogen) atoms. The van der Waals surface area contributed by atoms with Crippen LogP contribution in [0.2, 0.25) is 0 Å². The van der Waals surface area contributed by atoms with Gasteiger partial charge in [0, 0.05) is 36.3 Å². The third-order valence-electron chi connectivity index (χ3n) is 6.27. The van der Waals surface area contributed by atoms with Gasteiger partial charge in [0.25, 0.3) is 5.91 Å². The van der Waals surface area contributed by atoms with E-state index < -0.39 is 0 Å². The molecule has 0 saturated carbocycles. The Bertz CT molecular complexity index is 1040. The molecule has 1 saturated heterocycles. The summed E-state index contributed by atoms with van der Waals surface area (Å²) in [5, 5.41) is 3.98. The topological polar surface area (TPSA) is 72.1 Å². The Labute approximate surface area is 170 Å². The molecule has 1 spiro atoms. The number of carbonyl (C=O) groups is 1. The van der Waals surface area contributed by atoms with Crippen molar-refractivity contribution >= 4 is 5.91 Å². The van der Waals surface area contributed by atoms with Gasteiger partial charge in [-0.3, -0.25) is 4.79 Å². The van der Waals surface area contributed by atoms with E-state index in [1.807, 2.05) is 48.4 Å². The number of rotatable bonds is 3. The molecule has 0 bridgehead atoms. The fraction of sp³-hybridized carbons (Fsp3) is 0.391. The van der Waals surface area contributed by atoms with Gasteiger partial charge in [-0.05, 0) is 37.7 Å². The van der Waals surface area contributed by atoms with Crippen LogP contribution in [0.1, 0.15) is 53.7 Å². The maximum absolute atomic E-state index is 13.0. The summed E-state index contributed by atoms with van der Waals surface area (Å²) in [6.07, 6.45) is 6.72. The number of nitrogens with zero attached hydrogens (tertiary/aromatic N) is 4. The van der Waals surface area contributed by atoms with Gasteiger partial charge < -0.3 is 9.42 Å². The summed E-state index contributed by atoms with van der Waals surface area (Å²) < 4.78 is 5.30. The lowest BCUT2D eigenvalue weighted by atomic mass is 9.77. The first-order valence-electron chi connectivity index (χ1n) is 10.4. The molecule has 1 aromatic carbocycles. The van der Waals surface area contributed by atoms with Crippen molar-refractivity contribution in [1.29, 1.82) is 0 Å². The average molecular weight is 388 g/mol. The molecule has 0 radical (unpaired) electrons. The number of aryl methyl sites for hydroxylation is 2. The van der Waals surface area contributed by atoms with Gasteiger partial charge in [0.1, 0.15) is 0 Å². The smallest absolute Gasteiger partial charge is 0.292 e. The van der Waals surface area contributed by atoms with Crippen LogP contribution in [-0.2, 0) is 18.3 Å². The third kappa shape index (κ3) is 3.12. The molecule has 5 rings (SSSR count). The van der Waals surface area contributed by atoms with Crippen LogP contribution in [0.4, 0.5) is 0 Å². The molecule has 148 valence electrons. The SMILES string of the molecule is CCc1cc(C(=O)N2CCCC3(CCc4cnc(-c5ccccc5)nc43)C2)on1. The number of carbonyl (C=O) groups excluding carboxylic acids is 1. The highest BCUT2D eigenvalue weighted by Crippen LogP contribution is 2.44. The Morgan fingerprint density at radius 3 is 2.90 bits per heavy atom. The van der Waals surface area contributed by atoms with E-state index in [4.69, 9.17) is 9.51 Å². The van der Waals surface area contributed by atoms with Crippen LogP contribution in [0.5, 0.6) is 0 Å². The lowest BCUT2D eigenvalue weighted by Crippen LogP contribution is -2.47.